The minimum absolute atomic E-state index is 0.0751. The maximum absolute atomic E-state index is 11.9. The summed E-state index contributed by atoms with van der Waals surface area (Å²) in [5, 5.41) is 2.84. The molecule has 424 valence electrons. The van der Waals surface area contributed by atoms with Gasteiger partial charge in [-0.2, -0.15) is 0 Å². The quantitative estimate of drug-likeness (QED) is 0.318. The van der Waals surface area contributed by atoms with E-state index in [0.29, 0.717) is 12.1 Å². The lowest BCUT2D eigenvalue weighted by atomic mass is 10.1. The SMILES string of the molecule is CC(=O)N1CCN(C(C)(C)C)CC1.CC(C)(C)N1CCN(c2ccccn2)CC1.CC(C)(C)OC(=O)N1CCN(C(C)(C)C)CC1.CCN1CCN(C(C)(C)C)CC1.CCNC(=O)N1CCN(C(C)(C)C)CC1. The number of amides is 4. The number of hydrogen-bond acceptors (Lipinski definition) is 12. The smallest absolute Gasteiger partial charge is 0.410 e. The lowest BCUT2D eigenvalue weighted by molar-refractivity contribution is -0.131. The molecule has 16 heteroatoms. The third-order valence-electron chi connectivity index (χ3n) is 14.4. The van der Waals surface area contributed by atoms with Crippen molar-refractivity contribution in [2.75, 3.05) is 149 Å². The minimum Gasteiger partial charge on any atom is -0.444 e. The number of nitrogens with one attached hydrogen (secondary N) is 1. The highest BCUT2D eigenvalue weighted by Gasteiger charge is 2.32. The number of ether oxygens (including phenoxy) is 1. The molecule has 5 saturated heterocycles. The van der Waals surface area contributed by atoms with Crippen molar-refractivity contribution in [2.45, 2.75) is 179 Å². The molecule has 16 nitrogen and oxygen atoms in total. The summed E-state index contributed by atoms with van der Waals surface area (Å²) in [6.07, 6.45) is 1.68. The van der Waals surface area contributed by atoms with E-state index in [1.165, 1.54) is 32.7 Å². The molecular weight excluding hydrogens is 917 g/mol. The number of nitrogens with zero attached hydrogens (tertiary/aromatic N) is 11. The first-order chi connectivity index (χ1) is 33.6. The molecule has 0 spiro atoms. The van der Waals surface area contributed by atoms with E-state index in [0.717, 1.165) is 111 Å². The number of anilines is 1. The van der Waals surface area contributed by atoms with Crippen LogP contribution in [-0.2, 0) is 9.53 Å². The van der Waals surface area contributed by atoms with Crippen LogP contribution in [0.5, 0.6) is 0 Å². The number of urea groups is 1. The summed E-state index contributed by atoms with van der Waals surface area (Å²) in [6, 6.07) is 6.19. The van der Waals surface area contributed by atoms with Crippen molar-refractivity contribution in [3.8, 4) is 0 Å². The van der Waals surface area contributed by atoms with E-state index in [9.17, 15) is 14.4 Å². The number of aromatic nitrogens is 1. The Kier molecular flexibility index (Phi) is 26.4. The van der Waals surface area contributed by atoms with Crippen molar-refractivity contribution in [3.63, 3.8) is 0 Å². The number of rotatable bonds is 3. The van der Waals surface area contributed by atoms with Gasteiger partial charge in [-0.15, -0.1) is 0 Å². The summed E-state index contributed by atoms with van der Waals surface area (Å²) in [6.45, 7) is 67.2. The lowest BCUT2D eigenvalue weighted by Crippen LogP contribution is -2.56. The molecule has 5 fully saturated rings. The fourth-order valence-corrected chi connectivity index (χ4v) is 9.30. The van der Waals surface area contributed by atoms with E-state index >= 15 is 0 Å². The molecule has 73 heavy (non-hydrogen) atoms. The van der Waals surface area contributed by atoms with Crippen LogP contribution < -0.4 is 10.2 Å². The Morgan fingerprint density at radius 2 is 0.822 bits per heavy atom. The molecule has 0 radical (unpaired) electrons. The van der Waals surface area contributed by atoms with Crippen molar-refractivity contribution >= 4 is 23.8 Å². The Labute approximate surface area is 447 Å². The van der Waals surface area contributed by atoms with Gasteiger partial charge in [0.05, 0.1) is 0 Å². The summed E-state index contributed by atoms with van der Waals surface area (Å²) in [7, 11) is 0. The first kappa shape index (κ1) is 65.8. The Hall–Kier alpha value is -3.28. The van der Waals surface area contributed by atoms with Crippen molar-refractivity contribution < 1.29 is 19.1 Å². The standard InChI is InChI=1S/C13H21N3.C13H26N2O2.C11H23N3O.C10H20N2O.C10H22N2/c1-13(2,3)16-10-8-15(9-11-16)12-6-4-5-7-14-12;1-12(2,3)15-9-7-14(8-10-15)11(16)17-13(4,5)6;1-5-12-10(15)13-6-8-14(9-7-13)11(2,3)4;1-9(13)11-5-7-12(8-6-11)10(2,3)4;1-5-11-6-8-12(9-7-11)10(2,3)4/h4-7H,8-11H2,1-3H3;7-10H2,1-6H3;5-9H2,1-4H3,(H,12,15);5-8H2,1-4H3;5-9H2,1-4H3. The van der Waals surface area contributed by atoms with Crippen molar-refractivity contribution in [3.05, 3.63) is 24.4 Å². The van der Waals surface area contributed by atoms with Crippen molar-refractivity contribution in [1.29, 1.82) is 0 Å². The van der Waals surface area contributed by atoms with Gasteiger partial charge in [0.15, 0.2) is 0 Å². The Morgan fingerprint density at radius 1 is 0.479 bits per heavy atom. The second-order valence-electron chi connectivity index (χ2n) is 26.2. The number of likely N-dealkylation sites (N-methyl/N-ethyl adjacent to an activating group) is 1. The fourth-order valence-electron chi connectivity index (χ4n) is 9.30. The molecule has 0 aromatic carbocycles. The van der Waals surface area contributed by atoms with Crippen molar-refractivity contribution in [1.82, 2.24) is 54.4 Å². The maximum atomic E-state index is 11.9. The molecule has 0 bridgehead atoms. The van der Waals surface area contributed by atoms with Crippen LogP contribution in [0.25, 0.3) is 0 Å². The van der Waals surface area contributed by atoms with Crippen LogP contribution in [0.1, 0.15) is 145 Å². The highest BCUT2D eigenvalue weighted by Crippen LogP contribution is 2.21. The van der Waals surface area contributed by atoms with Gasteiger partial charge in [-0.05, 0) is 150 Å². The summed E-state index contributed by atoms with van der Waals surface area (Å²) in [4.78, 5) is 61.7. The lowest BCUT2D eigenvalue weighted by Gasteiger charge is -2.42. The molecule has 0 aliphatic carbocycles. The normalized spacial score (nSPS) is 20.0. The molecule has 1 aromatic heterocycles. The van der Waals surface area contributed by atoms with Gasteiger partial charge in [-0.1, -0.05) is 13.0 Å². The minimum atomic E-state index is -0.405. The maximum Gasteiger partial charge on any atom is 0.410 e. The zero-order valence-corrected chi connectivity index (χ0v) is 50.9. The zero-order valence-electron chi connectivity index (χ0n) is 50.9. The van der Waals surface area contributed by atoms with E-state index < -0.39 is 5.60 Å². The van der Waals surface area contributed by atoms with Crippen LogP contribution in [0.2, 0.25) is 0 Å². The van der Waals surface area contributed by atoms with Gasteiger partial charge in [-0.3, -0.25) is 29.3 Å². The van der Waals surface area contributed by atoms with E-state index in [1.807, 2.05) is 49.8 Å². The van der Waals surface area contributed by atoms with Crippen LogP contribution in [0.3, 0.4) is 0 Å². The summed E-state index contributed by atoms with van der Waals surface area (Å²) >= 11 is 0. The highest BCUT2D eigenvalue weighted by molar-refractivity contribution is 5.74. The van der Waals surface area contributed by atoms with Gasteiger partial charge in [-0.25, -0.2) is 14.6 Å². The molecule has 5 aliphatic heterocycles. The fraction of sp³-hybridized carbons (Fsp3) is 0.860. The molecule has 5 aliphatic rings. The average Bonchev–Trinajstić information content (AvgIpc) is 3.31. The molecule has 4 amide bonds. The molecule has 6 rings (SSSR count). The van der Waals surface area contributed by atoms with Crippen LogP contribution in [0.4, 0.5) is 15.4 Å². The molecule has 0 unspecified atom stereocenters. The second-order valence-corrected chi connectivity index (χ2v) is 26.2. The van der Waals surface area contributed by atoms with E-state index in [2.05, 4.69) is 168 Å². The second kappa shape index (κ2) is 29.3. The van der Waals surface area contributed by atoms with Gasteiger partial charge >= 0.3 is 12.1 Å². The predicted octanol–water partition coefficient (Wildman–Crippen LogP) is 7.84. The van der Waals surface area contributed by atoms with Gasteiger partial charge in [0, 0.05) is 178 Å². The highest BCUT2D eigenvalue weighted by atomic mass is 16.6. The van der Waals surface area contributed by atoms with Gasteiger partial charge in [0.25, 0.3) is 0 Å². The first-order valence-electron chi connectivity index (χ1n) is 28.0. The molecule has 1 aromatic rings. The first-order valence-corrected chi connectivity index (χ1v) is 28.0. The van der Waals surface area contributed by atoms with Crippen LogP contribution in [0.15, 0.2) is 24.4 Å². The Balaban J connectivity index is 0.000000314. The number of carbonyl (C=O) groups is 3. The largest absolute Gasteiger partial charge is 0.444 e. The molecule has 0 atom stereocenters. The van der Waals surface area contributed by atoms with Crippen LogP contribution >= 0.6 is 0 Å². The molecule has 1 N–H and O–H groups in total. The molecule has 6 heterocycles. The zero-order chi connectivity index (χ0) is 55.6. The van der Waals surface area contributed by atoms with Gasteiger partial charge < -0.3 is 34.6 Å². The summed E-state index contributed by atoms with van der Waals surface area (Å²) < 4.78 is 5.37. The topological polar surface area (TPSA) is 118 Å². The third-order valence-corrected chi connectivity index (χ3v) is 14.4. The monoisotopic (exact) mass is 1030 g/mol. The number of piperazine rings is 5. The van der Waals surface area contributed by atoms with E-state index in [-0.39, 0.29) is 40.2 Å². The van der Waals surface area contributed by atoms with Crippen LogP contribution in [-0.4, -0.2) is 244 Å². The van der Waals surface area contributed by atoms with E-state index in [4.69, 9.17) is 4.74 Å². The predicted molar refractivity (Wildman–Crippen MR) is 306 cm³/mol. The van der Waals surface area contributed by atoms with Gasteiger partial charge in [0.2, 0.25) is 5.91 Å². The number of hydrogen-bond donors (Lipinski definition) is 1. The van der Waals surface area contributed by atoms with Crippen LogP contribution in [0, 0.1) is 0 Å². The molecule has 0 saturated carbocycles. The summed E-state index contributed by atoms with van der Waals surface area (Å²) in [5.74, 6) is 1.31. The van der Waals surface area contributed by atoms with Gasteiger partial charge in [0.1, 0.15) is 11.4 Å². The third kappa shape index (κ3) is 25.0. The Bertz CT molecular complexity index is 1700. The van der Waals surface area contributed by atoms with Crippen molar-refractivity contribution in [2.24, 2.45) is 0 Å². The molecular formula is C57H112N12O4. The number of pyridine rings is 1. The Morgan fingerprint density at radius 3 is 1.12 bits per heavy atom. The van der Waals surface area contributed by atoms with E-state index in [1.54, 1.807) is 11.8 Å². The summed E-state index contributed by atoms with van der Waals surface area (Å²) in [5.41, 5.74) is 0.879. The average molecular weight is 1030 g/mol. The number of carbonyl (C=O) groups excluding carboxylic acids is 3.